The van der Waals surface area contributed by atoms with E-state index in [9.17, 15) is 16.8 Å². The van der Waals surface area contributed by atoms with Crippen molar-refractivity contribution in [2.75, 3.05) is 37.8 Å². The molecule has 0 saturated heterocycles. The summed E-state index contributed by atoms with van der Waals surface area (Å²) < 4.78 is 68.7. The Balaban J connectivity index is 1.24. The number of hydrogen-bond acceptors (Lipinski definition) is 9. The van der Waals surface area contributed by atoms with Crippen LogP contribution in [0.5, 0.6) is 11.5 Å². The van der Waals surface area contributed by atoms with Crippen molar-refractivity contribution in [3.8, 4) is 11.5 Å². The lowest BCUT2D eigenvalue weighted by atomic mass is 10.2. The van der Waals surface area contributed by atoms with Gasteiger partial charge in [0, 0.05) is 24.6 Å². The summed E-state index contributed by atoms with van der Waals surface area (Å²) in [6.45, 7) is 10.2. The van der Waals surface area contributed by atoms with Gasteiger partial charge in [0.05, 0.1) is 45.8 Å². The van der Waals surface area contributed by atoms with Crippen LogP contribution in [0, 0.1) is 13.8 Å². The Morgan fingerprint density at radius 3 is 1.36 bits per heavy atom. The lowest BCUT2D eigenvalue weighted by Crippen LogP contribution is -2.31. The SMILES string of the molecule is CCCN(Cc1sccc1OCCSCCOc1ccsc1CN(CCC)S(=O)(=O)c1ccc(C)cc1)S(=O)(=O)c1ccc(C)cc1. The van der Waals surface area contributed by atoms with Crippen LogP contribution in [-0.4, -0.2) is 63.3 Å². The Labute approximate surface area is 292 Å². The molecule has 47 heavy (non-hydrogen) atoms. The summed E-state index contributed by atoms with van der Waals surface area (Å²) in [5, 5.41) is 3.86. The summed E-state index contributed by atoms with van der Waals surface area (Å²) in [5.41, 5.74) is 2.03. The van der Waals surface area contributed by atoms with E-state index in [1.807, 2.05) is 74.9 Å². The van der Waals surface area contributed by atoms with Crippen LogP contribution in [0.15, 0.2) is 81.2 Å². The van der Waals surface area contributed by atoms with Crippen molar-refractivity contribution in [3.05, 3.63) is 92.3 Å². The zero-order chi connectivity index (χ0) is 33.9. The Kier molecular flexibility index (Phi) is 14.2. The first-order valence-corrected chi connectivity index (χ1v) is 21.4. The number of thiophene rings is 2. The smallest absolute Gasteiger partial charge is 0.243 e. The fourth-order valence-corrected chi connectivity index (χ4v) is 10.2. The van der Waals surface area contributed by atoms with Gasteiger partial charge in [-0.05, 0) is 73.8 Å². The third-order valence-electron chi connectivity index (χ3n) is 7.28. The maximum absolute atomic E-state index is 13.4. The second-order valence-electron chi connectivity index (χ2n) is 11.0. The van der Waals surface area contributed by atoms with Crippen molar-refractivity contribution in [2.24, 2.45) is 0 Å². The molecule has 0 N–H and O–H groups in total. The lowest BCUT2D eigenvalue weighted by molar-refractivity contribution is 0.330. The Hall–Kier alpha value is -2.39. The van der Waals surface area contributed by atoms with Gasteiger partial charge in [0.25, 0.3) is 0 Å². The van der Waals surface area contributed by atoms with Gasteiger partial charge in [-0.2, -0.15) is 20.4 Å². The minimum Gasteiger partial charge on any atom is -0.492 e. The van der Waals surface area contributed by atoms with Crippen LogP contribution in [-0.2, 0) is 33.1 Å². The Morgan fingerprint density at radius 1 is 0.617 bits per heavy atom. The topological polar surface area (TPSA) is 93.2 Å². The van der Waals surface area contributed by atoms with Crippen molar-refractivity contribution in [1.82, 2.24) is 8.61 Å². The van der Waals surface area contributed by atoms with Gasteiger partial charge in [-0.25, -0.2) is 16.8 Å². The number of rotatable bonds is 20. The maximum Gasteiger partial charge on any atom is 0.243 e. The first kappa shape index (κ1) is 37.4. The summed E-state index contributed by atoms with van der Waals surface area (Å²) in [6.07, 6.45) is 1.42. The van der Waals surface area contributed by atoms with Crippen molar-refractivity contribution in [3.63, 3.8) is 0 Å². The molecule has 13 heteroatoms. The first-order valence-electron chi connectivity index (χ1n) is 15.7. The molecule has 2 aromatic carbocycles. The third kappa shape index (κ3) is 10.3. The zero-order valence-electron chi connectivity index (χ0n) is 27.4. The summed E-state index contributed by atoms with van der Waals surface area (Å²) >= 11 is 4.70. The molecule has 4 rings (SSSR count). The van der Waals surface area contributed by atoms with E-state index in [4.69, 9.17) is 9.47 Å². The summed E-state index contributed by atoms with van der Waals surface area (Å²) in [7, 11) is -7.25. The molecule has 0 aliphatic rings. The average Bonchev–Trinajstić information content (AvgIpc) is 3.69. The molecule has 0 radical (unpaired) electrons. The second-order valence-corrected chi connectivity index (χ2v) is 18.1. The van der Waals surface area contributed by atoms with Gasteiger partial charge in [0.1, 0.15) is 11.5 Å². The fourth-order valence-electron chi connectivity index (χ4n) is 4.77. The van der Waals surface area contributed by atoms with E-state index in [2.05, 4.69) is 0 Å². The van der Waals surface area contributed by atoms with E-state index in [0.717, 1.165) is 32.4 Å². The molecule has 2 aromatic heterocycles. The van der Waals surface area contributed by atoms with Crippen molar-refractivity contribution in [2.45, 2.75) is 63.4 Å². The maximum atomic E-state index is 13.4. The number of aryl methyl sites for hydroxylation is 2. The predicted octanol–water partition coefficient (Wildman–Crippen LogP) is 7.82. The average molecular weight is 737 g/mol. The van der Waals surface area contributed by atoms with Crippen LogP contribution < -0.4 is 9.47 Å². The molecule has 0 atom stereocenters. The van der Waals surface area contributed by atoms with E-state index < -0.39 is 20.0 Å². The van der Waals surface area contributed by atoms with Crippen molar-refractivity contribution >= 4 is 54.5 Å². The number of benzene rings is 2. The monoisotopic (exact) mass is 736 g/mol. The Bertz CT molecular complexity index is 1620. The van der Waals surface area contributed by atoms with Crippen LogP contribution in [0.3, 0.4) is 0 Å². The number of sulfonamides is 2. The molecule has 0 fully saturated rings. The standard InChI is InChI=1S/C34H44N2O6S5/c1-5-17-35(46(37,38)29-11-7-27(3)8-12-29)25-33-31(15-21-44-33)41-19-23-43-24-20-42-32-16-22-45-34(32)26-36(18-6-2)47(39,40)30-13-9-28(4)10-14-30/h7-16,21-22H,5-6,17-20,23-26H2,1-4H3. The minimum atomic E-state index is -3.63. The van der Waals surface area contributed by atoms with Crippen molar-refractivity contribution in [1.29, 1.82) is 0 Å². The highest BCUT2D eigenvalue weighted by atomic mass is 32.2. The molecule has 256 valence electrons. The quantitative estimate of drug-likeness (QED) is 0.0855. The van der Waals surface area contributed by atoms with Crippen LogP contribution in [0.1, 0.15) is 47.6 Å². The number of thioether (sulfide) groups is 1. The van der Waals surface area contributed by atoms with Crippen LogP contribution in [0.2, 0.25) is 0 Å². The molecule has 8 nitrogen and oxygen atoms in total. The molecule has 0 aliphatic carbocycles. The predicted molar refractivity (Wildman–Crippen MR) is 195 cm³/mol. The van der Waals surface area contributed by atoms with Gasteiger partial charge in [0.15, 0.2) is 0 Å². The molecule has 0 unspecified atom stereocenters. The largest absolute Gasteiger partial charge is 0.492 e. The minimum absolute atomic E-state index is 0.267. The fraction of sp³-hybridized carbons (Fsp3) is 0.412. The van der Waals surface area contributed by atoms with E-state index in [-0.39, 0.29) is 13.1 Å². The Morgan fingerprint density at radius 2 is 1.00 bits per heavy atom. The number of nitrogens with zero attached hydrogens (tertiary/aromatic N) is 2. The highest BCUT2D eigenvalue weighted by Crippen LogP contribution is 2.31. The molecule has 0 saturated carbocycles. The first-order chi connectivity index (χ1) is 22.6. The number of hydrogen-bond donors (Lipinski definition) is 0. The molecule has 0 aliphatic heterocycles. The lowest BCUT2D eigenvalue weighted by Gasteiger charge is -2.22. The van der Waals surface area contributed by atoms with E-state index in [1.165, 1.54) is 31.3 Å². The van der Waals surface area contributed by atoms with Gasteiger partial charge in [-0.15, -0.1) is 22.7 Å². The molecular weight excluding hydrogens is 693 g/mol. The molecule has 0 bridgehead atoms. The summed E-state index contributed by atoms with van der Waals surface area (Å²) in [4.78, 5) is 2.37. The normalized spacial score (nSPS) is 12.2. The molecule has 0 spiro atoms. The molecule has 4 aromatic rings. The van der Waals surface area contributed by atoms with Gasteiger partial charge >= 0.3 is 0 Å². The number of ether oxygens (including phenoxy) is 2. The van der Waals surface area contributed by atoms with Gasteiger partial charge in [-0.1, -0.05) is 49.2 Å². The molecule has 2 heterocycles. The van der Waals surface area contributed by atoms with Crippen LogP contribution in [0.4, 0.5) is 0 Å². The summed E-state index contributed by atoms with van der Waals surface area (Å²) in [5.74, 6) is 2.92. The van der Waals surface area contributed by atoms with Gasteiger partial charge in [0.2, 0.25) is 20.0 Å². The van der Waals surface area contributed by atoms with Crippen LogP contribution >= 0.6 is 34.4 Å². The summed E-state index contributed by atoms with van der Waals surface area (Å²) in [6, 6.07) is 17.7. The van der Waals surface area contributed by atoms with E-state index in [0.29, 0.717) is 60.4 Å². The molecular formula is C34H44N2O6S5. The van der Waals surface area contributed by atoms with Crippen molar-refractivity contribution < 1.29 is 26.3 Å². The van der Waals surface area contributed by atoms with Crippen LogP contribution in [0.25, 0.3) is 0 Å². The van der Waals surface area contributed by atoms with E-state index in [1.54, 1.807) is 36.0 Å². The highest BCUT2D eigenvalue weighted by molar-refractivity contribution is 7.99. The van der Waals surface area contributed by atoms with Gasteiger partial charge in [-0.3, -0.25) is 0 Å². The highest BCUT2D eigenvalue weighted by Gasteiger charge is 2.27. The third-order valence-corrected chi connectivity index (χ3v) is 13.7. The van der Waals surface area contributed by atoms with Gasteiger partial charge < -0.3 is 9.47 Å². The van der Waals surface area contributed by atoms with E-state index >= 15 is 0 Å². The zero-order valence-corrected chi connectivity index (χ0v) is 31.5. The molecule has 0 amide bonds. The second kappa shape index (κ2) is 17.8.